The molecular formula is C45H84N2O4. The van der Waals surface area contributed by atoms with E-state index < -0.39 is 5.72 Å². The van der Waals surface area contributed by atoms with Crippen molar-refractivity contribution in [3.63, 3.8) is 0 Å². The predicted molar refractivity (Wildman–Crippen MR) is 221 cm³/mol. The van der Waals surface area contributed by atoms with Crippen molar-refractivity contribution in [3.05, 3.63) is 41.4 Å². The summed E-state index contributed by atoms with van der Waals surface area (Å²) in [5.74, 6) is 0. The van der Waals surface area contributed by atoms with Crippen LogP contribution in [0.2, 0.25) is 0 Å². The van der Waals surface area contributed by atoms with Crippen molar-refractivity contribution in [1.82, 2.24) is 4.90 Å². The third-order valence-corrected chi connectivity index (χ3v) is 10.3. The molecule has 1 N–H and O–H groups in total. The molecular weight excluding hydrogens is 633 g/mol. The Labute approximate surface area is 316 Å². The van der Waals surface area contributed by atoms with Crippen LogP contribution < -0.4 is 0 Å². The Hall–Kier alpha value is -1.79. The van der Waals surface area contributed by atoms with Crippen LogP contribution in [0.3, 0.4) is 0 Å². The largest absolute Gasteiger partial charge is 0.465 e. The van der Waals surface area contributed by atoms with E-state index in [-0.39, 0.29) is 6.10 Å². The van der Waals surface area contributed by atoms with E-state index in [0.717, 1.165) is 51.5 Å². The number of nitroso groups, excluding NO2 is 1. The molecule has 0 aromatic heterocycles. The molecule has 2 rings (SSSR count). The van der Waals surface area contributed by atoms with Crippen LogP contribution >= 0.6 is 0 Å². The Balaban J connectivity index is 0.00000160. The van der Waals surface area contributed by atoms with E-state index in [1.54, 1.807) is 0 Å². The van der Waals surface area contributed by atoms with Gasteiger partial charge in [-0.3, -0.25) is 4.79 Å². The van der Waals surface area contributed by atoms with Crippen LogP contribution in [-0.2, 0) is 9.53 Å². The minimum atomic E-state index is -1.33. The van der Waals surface area contributed by atoms with Gasteiger partial charge in [0.05, 0.1) is 0 Å². The third kappa shape index (κ3) is 37.8. The van der Waals surface area contributed by atoms with Gasteiger partial charge in [-0.25, -0.2) is 0 Å². The standard InChI is InChI=1S/C35H63NO2.C6H10O2.C4H11N/c37-35(36-38)33-31-29-27-25-23-21-19-17-15-13-11-9-7-5-3-1-2-4-6-8-10-12-14-16-18-20-22-24-26-28-30-32-34-35;7-5-8-6-3-1-2-4-6;1-4-5(2)3/h9,11,15-18,37H,1-8,10,12-14,19-34H2;5-6H,1-4H2;4H2,1-3H3/b11-9-,17-15-,18-16-;;. The highest BCUT2D eigenvalue weighted by atomic mass is 16.5. The number of carbonyl (C=O) groups is 1. The summed E-state index contributed by atoms with van der Waals surface area (Å²) >= 11 is 0. The van der Waals surface area contributed by atoms with Crippen LogP contribution in [0.25, 0.3) is 0 Å². The van der Waals surface area contributed by atoms with E-state index in [2.05, 4.69) is 67.6 Å². The Morgan fingerprint density at radius 3 is 1.22 bits per heavy atom. The molecule has 0 radical (unpaired) electrons. The fourth-order valence-corrected chi connectivity index (χ4v) is 6.58. The lowest BCUT2D eigenvalue weighted by molar-refractivity contribution is -0.133. The number of aliphatic hydroxyl groups is 1. The van der Waals surface area contributed by atoms with E-state index in [1.807, 2.05) is 0 Å². The number of carbonyl (C=O) groups excluding carboxylic acids is 1. The quantitative estimate of drug-likeness (QED) is 0.178. The maximum absolute atomic E-state index is 11.3. The molecule has 1 fully saturated rings. The van der Waals surface area contributed by atoms with Gasteiger partial charge in [0.15, 0.2) is 5.72 Å². The second kappa shape index (κ2) is 39.4. The van der Waals surface area contributed by atoms with Gasteiger partial charge in [-0.05, 0) is 122 Å². The first-order chi connectivity index (χ1) is 25.0. The van der Waals surface area contributed by atoms with Crippen LogP contribution in [0.4, 0.5) is 0 Å². The van der Waals surface area contributed by atoms with Crippen LogP contribution in [0.5, 0.6) is 0 Å². The summed E-state index contributed by atoms with van der Waals surface area (Å²) in [6.07, 6.45) is 52.5. The lowest BCUT2D eigenvalue weighted by Gasteiger charge is -2.19. The monoisotopic (exact) mass is 717 g/mol. The fraction of sp³-hybridized carbons (Fsp3) is 0.844. The molecule has 0 saturated heterocycles. The molecule has 298 valence electrons. The second-order valence-electron chi connectivity index (χ2n) is 15.3. The summed E-state index contributed by atoms with van der Waals surface area (Å²) in [6.45, 7) is 3.82. The molecule has 0 heterocycles. The van der Waals surface area contributed by atoms with Crippen molar-refractivity contribution >= 4 is 6.47 Å². The second-order valence-corrected chi connectivity index (χ2v) is 15.3. The zero-order valence-electron chi connectivity index (χ0n) is 34.0. The molecule has 0 aliphatic heterocycles. The van der Waals surface area contributed by atoms with Crippen molar-refractivity contribution in [1.29, 1.82) is 0 Å². The van der Waals surface area contributed by atoms with E-state index in [4.69, 9.17) is 4.74 Å². The molecule has 2 aliphatic carbocycles. The van der Waals surface area contributed by atoms with Gasteiger partial charge < -0.3 is 14.7 Å². The van der Waals surface area contributed by atoms with Gasteiger partial charge >= 0.3 is 0 Å². The van der Waals surface area contributed by atoms with Crippen molar-refractivity contribution in [2.24, 2.45) is 5.18 Å². The number of ether oxygens (including phenoxy) is 1. The van der Waals surface area contributed by atoms with Gasteiger partial charge in [-0.1, -0.05) is 140 Å². The molecule has 0 bridgehead atoms. The lowest BCUT2D eigenvalue weighted by atomic mass is 9.97. The zero-order valence-corrected chi connectivity index (χ0v) is 34.0. The van der Waals surface area contributed by atoms with Gasteiger partial charge in [0, 0.05) is 12.8 Å². The van der Waals surface area contributed by atoms with Crippen LogP contribution in [0.1, 0.15) is 212 Å². The molecule has 6 heteroatoms. The number of hydrogen-bond donors (Lipinski definition) is 1. The van der Waals surface area contributed by atoms with E-state index in [1.165, 1.54) is 148 Å². The summed E-state index contributed by atoms with van der Waals surface area (Å²) in [7, 11) is 4.11. The van der Waals surface area contributed by atoms with Crippen molar-refractivity contribution in [2.45, 2.75) is 224 Å². The molecule has 0 amide bonds. The van der Waals surface area contributed by atoms with Crippen molar-refractivity contribution in [3.8, 4) is 0 Å². The van der Waals surface area contributed by atoms with Crippen LogP contribution in [0.15, 0.2) is 41.6 Å². The predicted octanol–water partition coefficient (Wildman–Crippen LogP) is 13.7. The Morgan fingerprint density at radius 1 is 0.588 bits per heavy atom. The average Bonchev–Trinajstić information content (AvgIpc) is 3.65. The van der Waals surface area contributed by atoms with E-state index >= 15 is 0 Å². The van der Waals surface area contributed by atoms with Gasteiger partial charge in [0.2, 0.25) is 0 Å². The fourth-order valence-electron chi connectivity index (χ4n) is 6.58. The Kier molecular flexibility index (Phi) is 38.0. The highest BCUT2D eigenvalue weighted by Gasteiger charge is 2.26. The smallest absolute Gasteiger partial charge is 0.293 e. The Bertz CT molecular complexity index is 821. The molecule has 1 unspecified atom stereocenters. The number of allylic oxidation sites excluding steroid dienone is 6. The Morgan fingerprint density at radius 2 is 0.902 bits per heavy atom. The first-order valence-corrected chi connectivity index (χ1v) is 21.7. The van der Waals surface area contributed by atoms with Crippen molar-refractivity contribution in [2.75, 3.05) is 20.6 Å². The maximum Gasteiger partial charge on any atom is 0.293 e. The molecule has 1 atom stereocenters. The zero-order chi connectivity index (χ0) is 37.4. The molecule has 6 nitrogen and oxygen atoms in total. The maximum atomic E-state index is 11.3. The molecule has 1 saturated carbocycles. The summed E-state index contributed by atoms with van der Waals surface area (Å²) in [6, 6.07) is 0. The van der Waals surface area contributed by atoms with E-state index in [0.29, 0.717) is 19.3 Å². The average molecular weight is 717 g/mol. The number of nitrogens with zero attached hydrogens (tertiary/aromatic N) is 2. The summed E-state index contributed by atoms with van der Waals surface area (Å²) in [5, 5.41) is 13.6. The SMILES string of the molecule is CCN(C)C.O=COC1CCCC1.O=NC1(O)CCCCCCCC/C=C\C/C=C\CCCCCCCCCCC/C=C\CCCCCCCC1. The van der Waals surface area contributed by atoms with Gasteiger partial charge in [0.25, 0.3) is 6.47 Å². The highest BCUT2D eigenvalue weighted by Crippen LogP contribution is 2.25. The topological polar surface area (TPSA) is 79.2 Å². The van der Waals surface area contributed by atoms with Crippen LogP contribution in [-0.4, -0.2) is 48.9 Å². The normalized spacial score (nSPS) is 25.2. The van der Waals surface area contributed by atoms with Gasteiger partial charge in [0.1, 0.15) is 6.10 Å². The number of rotatable bonds is 4. The van der Waals surface area contributed by atoms with E-state index in [9.17, 15) is 14.8 Å². The molecule has 0 aromatic carbocycles. The third-order valence-electron chi connectivity index (χ3n) is 10.3. The number of hydrogen-bond acceptors (Lipinski definition) is 6. The molecule has 0 spiro atoms. The lowest BCUT2D eigenvalue weighted by Crippen LogP contribution is -2.25. The van der Waals surface area contributed by atoms with Gasteiger partial charge in [-0.15, -0.1) is 4.91 Å². The van der Waals surface area contributed by atoms with Crippen molar-refractivity contribution < 1.29 is 14.6 Å². The summed E-state index contributed by atoms with van der Waals surface area (Å²) in [5.41, 5.74) is -1.33. The van der Waals surface area contributed by atoms with Crippen LogP contribution in [0, 0.1) is 4.91 Å². The highest BCUT2D eigenvalue weighted by molar-refractivity contribution is 5.37. The molecule has 0 aromatic rings. The molecule has 2 aliphatic rings. The first kappa shape index (κ1) is 49.2. The minimum Gasteiger partial charge on any atom is -0.465 e. The molecule has 51 heavy (non-hydrogen) atoms. The minimum absolute atomic E-state index is 0.243. The summed E-state index contributed by atoms with van der Waals surface area (Å²) in [4.78, 5) is 23.1. The van der Waals surface area contributed by atoms with Gasteiger partial charge in [-0.2, -0.15) is 0 Å². The summed E-state index contributed by atoms with van der Waals surface area (Å²) < 4.78 is 4.72. The first-order valence-electron chi connectivity index (χ1n) is 21.7.